The first kappa shape index (κ1) is 21.2. The lowest BCUT2D eigenvalue weighted by Crippen LogP contribution is -2.48. The molecule has 0 bridgehead atoms. The summed E-state index contributed by atoms with van der Waals surface area (Å²) in [6, 6.07) is -0.814. The van der Waals surface area contributed by atoms with Gasteiger partial charge in [0.05, 0.1) is 18.3 Å². The third kappa shape index (κ3) is 5.11. The molecule has 2 unspecified atom stereocenters. The Hall–Kier alpha value is -1.47. The van der Waals surface area contributed by atoms with Gasteiger partial charge in [-0.1, -0.05) is 0 Å². The van der Waals surface area contributed by atoms with Gasteiger partial charge in [-0.3, -0.25) is 9.52 Å². The van der Waals surface area contributed by atoms with E-state index in [0.29, 0.717) is 42.8 Å². The Labute approximate surface area is 163 Å². The van der Waals surface area contributed by atoms with Gasteiger partial charge in [0.25, 0.3) is 0 Å². The number of rotatable bonds is 5. The monoisotopic (exact) mass is 444 g/mol. The van der Waals surface area contributed by atoms with E-state index in [9.17, 15) is 30.8 Å². The standard InChI is InChI=1S/C15H20F4N4O3S2/c16-9-3-4-23(6-9)13(24)12(20)8-1-2-10-11(5-8)27-14(21-10)22-28(25,26)7-15(17,18)19/h8-9,12H,1-7,20H2,(H,21,22)/t8?,9?,12-/m0/s1. The number of sulfonamides is 1. The van der Waals surface area contributed by atoms with Gasteiger partial charge in [-0.15, -0.1) is 11.3 Å². The quantitative estimate of drug-likeness (QED) is 0.669. The molecule has 0 saturated carbocycles. The molecular weight excluding hydrogens is 424 g/mol. The zero-order valence-electron chi connectivity index (χ0n) is 14.7. The number of fused-ring (bicyclic) bond motifs is 1. The molecule has 0 aromatic carbocycles. The van der Waals surface area contributed by atoms with Crippen molar-refractivity contribution in [3.63, 3.8) is 0 Å². The molecule has 0 radical (unpaired) electrons. The van der Waals surface area contributed by atoms with Gasteiger partial charge in [0.15, 0.2) is 10.9 Å². The highest BCUT2D eigenvalue weighted by Crippen LogP contribution is 2.34. The lowest BCUT2D eigenvalue weighted by atomic mass is 9.85. The smallest absolute Gasteiger partial charge is 0.338 e. The molecular formula is C15H20F4N4O3S2. The fraction of sp³-hybridized carbons (Fsp3) is 0.733. The van der Waals surface area contributed by atoms with Crippen molar-refractivity contribution >= 4 is 32.4 Å². The summed E-state index contributed by atoms with van der Waals surface area (Å²) in [5, 5.41) is -0.130. The van der Waals surface area contributed by atoms with Crippen LogP contribution < -0.4 is 10.5 Å². The highest BCUT2D eigenvalue weighted by molar-refractivity contribution is 7.92. The fourth-order valence-corrected chi connectivity index (χ4v) is 5.78. The third-order valence-corrected chi connectivity index (χ3v) is 7.19. The molecule has 2 heterocycles. The fourth-order valence-electron chi connectivity index (χ4n) is 3.47. The van der Waals surface area contributed by atoms with Crippen LogP contribution in [0, 0.1) is 5.92 Å². The number of alkyl halides is 4. The van der Waals surface area contributed by atoms with Crippen LogP contribution in [0.2, 0.25) is 0 Å². The number of nitrogens with one attached hydrogen (secondary N) is 1. The van der Waals surface area contributed by atoms with Gasteiger partial charge >= 0.3 is 6.18 Å². The number of nitrogens with two attached hydrogens (primary N) is 1. The van der Waals surface area contributed by atoms with Crippen LogP contribution >= 0.6 is 11.3 Å². The van der Waals surface area contributed by atoms with E-state index in [1.54, 1.807) is 0 Å². The van der Waals surface area contributed by atoms with E-state index in [-0.39, 0.29) is 23.5 Å². The number of nitrogens with zero attached hydrogens (tertiary/aromatic N) is 2. The topological polar surface area (TPSA) is 105 Å². The van der Waals surface area contributed by atoms with Crippen molar-refractivity contribution in [3.8, 4) is 0 Å². The summed E-state index contributed by atoms with van der Waals surface area (Å²) in [5.41, 5.74) is 6.68. The first-order valence-corrected chi connectivity index (χ1v) is 11.1. The molecule has 3 rings (SSSR count). The van der Waals surface area contributed by atoms with Crippen LogP contribution in [0.3, 0.4) is 0 Å². The van der Waals surface area contributed by atoms with Crippen LogP contribution in [0.15, 0.2) is 0 Å². The number of anilines is 1. The lowest BCUT2D eigenvalue weighted by molar-refractivity contribution is -0.133. The number of halogens is 4. The second-order valence-electron chi connectivity index (χ2n) is 7.06. The van der Waals surface area contributed by atoms with Crippen LogP contribution in [-0.4, -0.2) is 61.4 Å². The van der Waals surface area contributed by atoms with E-state index < -0.39 is 34.2 Å². The Bertz CT molecular complexity index is 843. The van der Waals surface area contributed by atoms with Crippen molar-refractivity contribution in [1.82, 2.24) is 9.88 Å². The molecule has 1 amide bonds. The summed E-state index contributed by atoms with van der Waals surface area (Å²) < 4.78 is 75.4. The number of aryl methyl sites for hydroxylation is 1. The van der Waals surface area contributed by atoms with Gasteiger partial charge in [0.2, 0.25) is 15.9 Å². The molecule has 1 aliphatic heterocycles. The number of aromatic nitrogens is 1. The maximum atomic E-state index is 13.3. The average molecular weight is 444 g/mol. The molecule has 1 aromatic heterocycles. The maximum Gasteiger partial charge on any atom is 0.404 e. The number of hydrogen-bond acceptors (Lipinski definition) is 6. The Kier molecular flexibility index (Phi) is 5.88. The first-order chi connectivity index (χ1) is 12.9. The molecule has 3 atom stereocenters. The largest absolute Gasteiger partial charge is 0.404 e. The number of hydrogen-bond donors (Lipinski definition) is 2. The molecule has 13 heteroatoms. The second kappa shape index (κ2) is 7.75. The molecule has 158 valence electrons. The van der Waals surface area contributed by atoms with Crippen molar-refractivity contribution in [3.05, 3.63) is 10.6 Å². The molecule has 1 saturated heterocycles. The normalized spacial score (nSPS) is 24.1. The minimum absolute atomic E-state index is 0.0379. The SMILES string of the molecule is N[C@H](C(=O)N1CCC(F)C1)C1CCc2nc(NS(=O)(=O)CC(F)(F)F)sc2C1. The van der Waals surface area contributed by atoms with E-state index in [1.165, 1.54) is 4.90 Å². The van der Waals surface area contributed by atoms with Crippen LogP contribution in [0.25, 0.3) is 0 Å². The Morgan fingerprint density at radius 2 is 2.11 bits per heavy atom. The number of amides is 1. The van der Waals surface area contributed by atoms with Crippen LogP contribution in [0.5, 0.6) is 0 Å². The zero-order valence-corrected chi connectivity index (χ0v) is 16.3. The Morgan fingerprint density at radius 3 is 2.71 bits per heavy atom. The van der Waals surface area contributed by atoms with Gasteiger partial charge in [-0.25, -0.2) is 17.8 Å². The van der Waals surface area contributed by atoms with E-state index in [1.807, 2.05) is 4.72 Å². The van der Waals surface area contributed by atoms with E-state index in [0.717, 1.165) is 11.3 Å². The van der Waals surface area contributed by atoms with Crippen LogP contribution in [0.1, 0.15) is 23.4 Å². The number of carbonyl (C=O) groups is 1. The zero-order chi connectivity index (χ0) is 20.7. The van der Waals surface area contributed by atoms with Crippen molar-refractivity contribution in [2.75, 3.05) is 23.6 Å². The van der Waals surface area contributed by atoms with Crippen LogP contribution in [0.4, 0.5) is 22.7 Å². The molecule has 2 aliphatic rings. The average Bonchev–Trinajstić information content (AvgIpc) is 3.15. The van der Waals surface area contributed by atoms with Crippen LogP contribution in [-0.2, 0) is 27.7 Å². The van der Waals surface area contributed by atoms with Crippen molar-refractivity contribution in [2.45, 2.75) is 44.1 Å². The summed E-state index contributed by atoms with van der Waals surface area (Å²) >= 11 is 0.945. The first-order valence-electron chi connectivity index (χ1n) is 8.68. The van der Waals surface area contributed by atoms with Gasteiger partial charge in [-0.2, -0.15) is 13.2 Å². The van der Waals surface area contributed by atoms with Crippen molar-refractivity contribution in [1.29, 1.82) is 0 Å². The Balaban J connectivity index is 1.65. The minimum Gasteiger partial charge on any atom is -0.338 e. The molecule has 28 heavy (non-hydrogen) atoms. The number of carbonyl (C=O) groups excluding carboxylic acids is 1. The lowest BCUT2D eigenvalue weighted by Gasteiger charge is -2.29. The predicted octanol–water partition coefficient (Wildman–Crippen LogP) is 1.45. The highest BCUT2D eigenvalue weighted by atomic mass is 32.2. The molecule has 1 aromatic rings. The van der Waals surface area contributed by atoms with Gasteiger partial charge in [0.1, 0.15) is 6.17 Å². The molecule has 7 nitrogen and oxygen atoms in total. The van der Waals surface area contributed by atoms with Gasteiger partial charge in [0, 0.05) is 11.4 Å². The molecule has 1 fully saturated rings. The summed E-state index contributed by atoms with van der Waals surface area (Å²) in [6.45, 7) is 0.369. The summed E-state index contributed by atoms with van der Waals surface area (Å²) in [6.07, 6.45) is -4.26. The summed E-state index contributed by atoms with van der Waals surface area (Å²) in [4.78, 5) is 18.6. The highest BCUT2D eigenvalue weighted by Gasteiger charge is 2.37. The predicted molar refractivity (Wildman–Crippen MR) is 95.2 cm³/mol. The Morgan fingerprint density at radius 1 is 1.39 bits per heavy atom. The second-order valence-corrected chi connectivity index (χ2v) is 9.87. The minimum atomic E-state index is -4.85. The van der Waals surface area contributed by atoms with Crippen molar-refractivity contribution < 1.29 is 30.8 Å². The summed E-state index contributed by atoms with van der Waals surface area (Å²) in [7, 11) is -4.60. The number of likely N-dealkylation sites (tertiary alicyclic amines) is 1. The summed E-state index contributed by atoms with van der Waals surface area (Å²) in [5.74, 6) is -2.53. The third-order valence-electron chi connectivity index (χ3n) is 4.81. The van der Waals surface area contributed by atoms with E-state index in [2.05, 4.69) is 4.98 Å². The number of thiazole rings is 1. The molecule has 0 spiro atoms. The van der Waals surface area contributed by atoms with Gasteiger partial charge < -0.3 is 10.6 Å². The van der Waals surface area contributed by atoms with E-state index >= 15 is 0 Å². The van der Waals surface area contributed by atoms with Crippen molar-refractivity contribution in [2.24, 2.45) is 11.7 Å². The maximum absolute atomic E-state index is 13.3. The molecule has 1 aliphatic carbocycles. The van der Waals surface area contributed by atoms with Gasteiger partial charge in [-0.05, 0) is 31.6 Å². The molecule has 3 N–H and O–H groups in total. The van der Waals surface area contributed by atoms with E-state index in [4.69, 9.17) is 5.73 Å².